The van der Waals surface area contributed by atoms with Crippen LogP contribution in [0.25, 0.3) is 0 Å². The van der Waals surface area contributed by atoms with Gasteiger partial charge in [-0.05, 0) is 69.8 Å². The summed E-state index contributed by atoms with van der Waals surface area (Å²) in [5.41, 5.74) is -0.799. The van der Waals surface area contributed by atoms with Crippen LogP contribution in [0.2, 0.25) is 0 Å². The summed E-state index contributed by atoms with van der Waals surface area (Å²) in [5.74, 6) is 0.289. The van der Waals surface area contributed by atoms with E-state index in [1.165, 1.54) is 6.92 Å². The molecular formula is C26H42O6. The Kier molecular flexibility index (Phi) is 7.45. The number of rotatable bonds is 5. The molecule has 2 aliphatic heterocycles. The predicted octanol–water partition coefficient (Wildman–Crippen LogP) is 4.58. The van der Waals surface area contributed by atoms with Crippen LogP contribution in [0.3, 0.4) is 0 Å². The Morgan fingerprint density at radius 1 is 1.19 bits per heavy atom. The van der Waals surface area contributed by atoms with Crippen molar-refractivity contribution in [2.24, 2.45) is 23.7 Å². The Morgan fingerprint density at radius 2 is 1.84 bits per heavy atom. The van der Waals surface area contributed by atoms with Gasteiger partial charge in [-0.2, -0.15) is 0 Å². The van der Waals surface area contributed by atoms with Crippen molar-refractivity contribution >= 4 is 11.9 Å². The van der Waals surface area contributed by atoms with E-state index in [1.54, 1.807) is 0 Å². The van der Waals surface area contributed by atoms with Crippen molar-refractivity contribution in [3.8, 4) is 0 Å². The summed E-state index contributed by atoms with van der Waals surface area (Å²) in [5, 5.41) is 10.7. The fourth-order valence-corrected chi connectivity index (χ4v) is 6.64. The van der Waals surface area contributed by atoms with Crippen LogP contribution in [-0.4, -0.2) is 46.6 Å². The minimum atomic E-state index is -0.864. The van der Waals surface area contributed by atoms with E-state index in [4.69, 9.17) is 14.2 Å². The van der Waals surface area contributed by atoms with Crippen molar-refractivity contribution in [2.75, 3.05) is 0 Å². The molecule has 2 bridgehead atoms. The molecule has 0 unspecified atom stereocenters. The molecule has 32 heavy (non-hydrogen) atoms. The van der Waals surface area contributed by atoms with Gasteiger partial charge in [0.15, 0.2) is 0 Å². The molecule has 6 nitrogen and oxygen atoms in total. The zero-order valence-electron chi connectivity index (χ0n) is 20.7. The van der Waals surface area contributed by atoms with Gasteiger partial charge in [0.05, 0.1) is 12.2 Å². The molecule has 3 fully saturated rings. The average Bonchev–Trinajstić information content (AvgIpc) is 3.07. The summed E-state index contributed by atoms with van der Waals surface area (Å²) in [4.78, 5) is 24.7. The van der Waals surface area contributed by atoms with Gasteiger partial charge in [0, 0.05) is 25.2 Å². The summed E-state index contributed by atoms with van der Waals surface area (Å²) < 4.78 is 18.9. The lowest BCUT2D eigenvalue weighted by Gasteiger charge is -2.50. The van der Waals surface area contributed by atoms with E-state index in [0.717, 1.165) is 18.4 Å². The third-order valence-electron chi connectivity index (χ3n) is 8.14. The summed E-state index contributed by atoms with van der Waals surface area (Å²) in [7, 11) is 0. The van der Waals surface area contributed by atoms with Crippen LogP contribution in [0.15, 0.2) is 12.2 Å². The molecule has 182 valence electrons. The monoisotopic (exact) mass is 450 g/mol. The molecule has 0 aromatic heterocycles. The van der Waals surface area contributed by atoms with Crippen LogP contribution in [0.5, 0.6) is 0 Å². The van der Waals surface area contributed by atoms with Crippen LogP contribution in [0, 0.1) is 23.7 Å². The van der Waals surface area contributed by atoms with Crippen LogP contribution in [0.1, 0.15) is 86.5 Å². The minimum Gasteiger partial charge on any atom is -0.459 e. The predicted molar refractivity (Wildman–Crippen MR) is 122 cm³/mol. The molecule has 8 atom stereocenters. The van der Waals surface area contributed by atoms with Crippen molar-refractivity contribution in [3.05, 3.63) is 12.2 Å². The van der Waals surface area contributed by atoms with E-state index < -0.39 is 17.3 Å². The zero-order valence-corrected chi connectivity index (χ0v) is 20.7. The van der Waals surface area contributed by atoms with Crippen LogP contribution < -0.4 is 0 Å². The molecule has 1 saturated carbocycles. The molecule has 0 radical (unpaired) electrons. The van der Waals surface area contributed by atoms with Gasteiger partial charge in [0.1, 0.15) is 17.3 Å². The molecular weight excluding hydrogens is 408 g/mol. The van der Waals surface area contributed by atoms with Gasteiger partial charge in [0.25, 0.3) is 0 Å². The molecule has 3 aliphatic rings. The average molecular weight is 451 g/mol. The van der Waals surface area contributed by atoms with E-state index in [1.807, 2.05) is 20.8 Å². The smallest absolute Gasteiger partial charge is 0.306 e. The molecule has 0 aromatic carbocycles. The van der Waals surface area contributed by atoms with Gasteiger partial charge < -0.3 is 19.3 Å². The van der Waals surface area contributed by atoms with Crippen molar-refractivity contribution in [1.82, 2.24) is 0 Å². The van der Waals surface area contributed by atoms with Gasteiger partial charge in [-0.1, -0.05) is 27.4 Å². The molecule has 1 N–H and O–H groups in total. The lowest BCUT2D eigenvalue weighted by Crippen LogP contribution is -2.56. The second-order valence-corrected chi connectivity index (χ2v) is 11.0. The van der Waals surface area contributed by atoms with Gasteiger partial charge in [-0.15, -0.1) is 0 Å². The largest absolute Gasteiger partial charge is 0.459 e. The normalized spacial score (nSPS) is 41.9. The minimum absolute atomic E-state index is 0.0520. The number of carbonyl (C=O) groups is 2. The lowest BCUT2D eigenvalue weighted by molar-refractivity contribution is -0.183. The number of ether oxygens (including phenoxy) is 3. The zero-order chi connectivity index (χ0) is 23.8. The highest BCUT2D eigenvalue weighted by atomic mass is 16.6. The number of aliphatic hydroxyl groups is 1. The van der Waals surface area contributed by atoms with Crippen LogP contribution in [-0.2, 0) is 23.8 Å². The van der Waals surface area contributed by atoms with Crippen molar-refractivity contribution < 1.29 is 28.9 Å². The maximum atomic E-state index is 12.6. The van der Waals surface area contributed by atoms with Crippen molar-refractivity contribution in [1.29, 1.82) is 0 Å². The van der Waals surface area contributed by atoms with E-state index in [0.29, 0.717) is 43.9 Å². The molecule has 2 saturated heterocycles. The second-order valence-electron chi connectivity index (χ2n) is 11.0. The molecule has 0 spiro atoms. The number of hydrogen-bond acceptors (Lipinski definition) is 6. The van der Waals surface area contributed by atoms with Gasteiger partial charge >= 0.3 is 11.9 Å². The van der Waals surface area contributed by atoms with Crippen LogP contribution >= 0.6 is 0 Å². The first kappa shape index (κ1) is 25.2. The fraction of sp³-hybridized carbons (Fsp3) is 0.846. The quantitative estimate of drug-likeness (QED) is 0.488. The number of aliphatic hydroxyl groups excluding tert-OH is 1. The molecule has 6 heteroatoms. The summed E-state index contributed by atoms with van der Waals surface area (Å²) in [6, 6.07) is 0. The highest BCUT2D eigenvalue weighted by molar-refractivity contribution is 5.70. The standard InChI is InChI=1S/C26H42O6/c1-8-9-21(29)32-26(7)13-11-19(28)16(4)14-20-23-22(24(26)30-20)18(15(2)3)10-12-25(23,6)31-17(5)27/h15,18-20,22-24,28H,4,8-14H2,1-3,5-7H3/t18-,19+,20-,22-,23-,24-,25-,26-/m1/s1. The Morgan fingerprint density at radius 3 is 2.44 bits per heavy atom. The Hall–Kier alpha value is -1.40. The third kappa shape index (κ3) is 4.77. The lowest BCUT2D eigenvalue weighted by atomic mass is 9.57. The highest BCUT2D eigenvalue weighted by Crippen LogP contribution is 2.58. The first-order valence-electron chi connectivity index (χ1n) is 12.3. The van der Waals surface area contributed by atoms with E-state index >= 15 is 0 Å². The number of hydrogen-bond donors (Lipinski definition) is 1. The topological polar surface area (TPSA) is 82.1 Å². The fourth-order valence-electron chi connectivity index (χ4n) is 6.64. The van der Waals surface area contributed by atoms with E-state index in [9.17, 15) is 14.7 Å². The molecule has 3 rings (SSSR count). The molecule has 1 aliphatic carbocycles. The van der Waals surface area contributed by atoms with Gasteiger partial charge in [-0.25, -0.2) is 0 Å². The highest BCUT2D eigenvalue weighted by Gasteiger charge is 2.64. The van der Waals surface area contributed by atoms with Gasteiger partial charge in [0.2, 0.25) is 0 Å². The first-order chi connectivity index (χ1) is 14.9. The number of fused-ring (bicyclic) bond motifs is 5. The summed E-state index contributed by atoms with van der Waals surface area (Å²) in [6.45, 7) is 16.0. The summed E-state index contributed by atoms with van der Waals surface area (Å²) in [6.07, 6.45) is 3.01. The van der Waals surface area contributed by atoms with Crippen molar-refractivity contribution in [3.63, 3.8) is 0 Å². The second kappa shape index (κ2) is 9.46. The third-order valence-corrected chi connectivity index (χ3v) is 8.14. The van der Waals surface area contributed by atoms with Crippen molar-refractivity contribution in [2.45, 2.75) is 116 Å². The van der Waals surface area contributed by atoms with Gasteiger partial charge in [-0.3, -0.25) is 9.59 Å². The summed E-state index contributed by atoms with van der Waals surface area (Å²) >= 11 is 0. The number of carbonyl (C=O) groups excluding carboxylic acids is 2. The molecule has 0 aromatic rings. The Bertz CT molecular complexity index is 732. The Balaban J connectivity index is 2.10. The van der Waals surface area contributed by atoms with Crippen LogP contribution in [0.4, 0.5) is 0 Å². The Labute approximate surface area is 193 Å². The van der Waals surface area contributed by atoms with E-state index in [-0.39, 0.29) is 36.0 Å². The first-order valence-corrected chi connectivity index (χ1v) is 12.3. The SMILES string of the molecule is C=C1C[C@H]2O[C@H]([C@H]3[C@@H]2[C@](C)(OC(C)=O)CC[C@@H]3C(C)C)[C@](C)(OC(=O)CCC)CC[C@@H]1O. The maximum absolute atomic E-state index is 12.6. The maximum Gasteiger partial charge on any atom is 0.306 e. The van der Waals surface area contributed by atoms with E-state index in [2.05, 4.69) is 20.4 Å². The molecule has 0 amide bonds. The molecule has 2 heterocycles. The number of esters is 2.